The van der Waals surface area contributed by atoms with E-state index in [1.807, 2.05) is 35.2 Å². The Morgan fingerprint density at radius 1 is 1.00 bits per heavy atom. The Morgan fingerprint density at radius 3 is 2.48 bits per heavy atom. The molecule has 0 atom stereocenters. The van der Waals surface area contributed by atoms with Crippen molar-refractivity contribution in [3.05, 3.63) is 65.6 Å². The van der Waals surface area contributed by atoms with Crippen LogP contribution in [0.1, 0.15) is 47.7 Å². The van der Waals surface area contributed by atoms with E-state index in [1.165, 1.54) is 12.1 Å². The fourth-order valence-electron chi connectivity index (χ4n) is 5.06. The van der Waals surface area contributed by atoms with Gasteiger partial charge in [0.05, 0.1) is 5.69 Å². The monoisotopic (exact) mass is 421 g/mol. The number of halogens is 1. The first-order chi connectivity index (χ1) is 15.2. The van der Waals surface area contributed by atoms with E-state index >= 15 is 0 Å². The van der Waals surface area contributed by atoms with Gasteiger partial charge in [-0.1, -0.05) is 23.4 Å². The van der Waals surface area contributed by atoms with Gasteiger partial charge in [0.15, 0.2) is 5.58 Å². The summed E-state index contributed by atoms with van der Waals surface area (Å²) in [5, 5.41) is 5.19. The number of carbonyl (C=O) groups excluding carboxylic acids is 1. The van der Waals surface area contributed by atoms with E-state index in [1.54, 1.807) is 6.07 Å². The molecule has 0 spiro atoms. The molecule has 2 aliphatic heterocycles. The maximum atomic E-state index is 13.4. The number of hydrogen-bond acceptors (Lipinski definition) is 4. The Morgan fingerprint density at radius 2 is 1.74 bits per heavy atom. The van der Waals surface area contributed by atoms with Crippen molar-refractivity contribution in [3.63, 3.8) is 0 Å². The molecule has 2 aromatic carbocycles. The minimum absolute atomic E-state index is 0.152. The van der Waals surface area contributed by atoms with Crippen molar-refractivity contribution in [2.45, 2.75) is 31.6 Å². The Bertz CT molecular complexity index is 1040. The van der Waals surface area contributed by atoms with Crippen LogP contribution in [0.2, 0.25) is 0 Å². The van der Waals surface area contributed by atoms with E-state index in [0.29, 0.717) is 17.4 Å². The van der Waals surface area contributed by atoms with E-state index in [-0.39, 0.29) is 11.7 Å². The first kappa shape index (κ1) is 20.2. The summed E-state index contributed by atoms with van der Waals surface area (Å²) in [7, 11) is 0. The van der Waals surface area contributed by atoms with Crippen molar-refractivity contribution in [2.75, 3.05) is 32.7 Å². The molecule has 0 saturated carbocycles. The molecule has 2 aliphatic rings. The molecular formula is C25H28FN3O2. The van der Waals surface area contributed by atoms with E-state index < -0.39 is 0 Å². The highest BCUT2D eigenvalue weighted by Crippen LogP contribution is 2.33. The molecule has 3 heterocycles. The topological polar surface area (TPSA) is 49.6 Å². The molecule has 1 amide bonds. The average molecular weight is 422 g/mol. The number of aromatic nitrogens is 1. The molecule has 2 saturated heterocycles. The minimum atomic E-state index is -0.290. The highest BCUT2D eigenvalue weighted by Gasteiger charge is 2.28. The lowest BCUT2D eigenvalue weighted by Gasteiger charge is -2.37. The first-order valence-corrected chi connectivity index (χ1v) is 11.3. The summed E-state index contributed by atoms with van der Waals surface area (Å²) in [5.41, 5.74) is 2.29. The summed E-state index contributed by atoms with van der Waals surface area (Å²) >= 11 is 0. The van der Waals surface area contributed by atoms with Gasteiger partial charge in [0.25, 0.3) is 5.91 Å². The van der Waals surface area contributed by atoms with Gasteiger partial charge in [-0.15, -0.1) is 0 Å². The smallest absolute Gasteiger partial charge is 0.253 e. The van der Waals surface area contributed by atoms with Gasteiger partial charge in [0.2, 0.25) is 0 Å². The second-order valence-corrected chi connectivity index (χ2v) is 8.88. The molecule has 5 rings (SSSR count). The van der Waals surface area contributed by atoms with Crippen LogP contribution < -0.4 is 0 Å². The second kappa shape index (κ2) is 8.79. The summed E-state index contributed by atoms with van der Waals surface area (Å²) in [6, 6.07) is 14.3. The standard InChI is InChI=1S/C25H28FN3O2/c26-21-6-7-22-23(16-21)31-27-24(22)19-10-12-28(13-11-19)17-18-8-14-29(15-9-18)25(30)20-4-2-1-3-5-20/h1-7,16,18-19H,8-15,17H2. The Labute approximate surface area is 181 Å². The zero-order chi connectivity index (χ0) is 21.2. The lowest BCUT2D eigenvalue weighted by molar-refractivity contribution is 0.0657. The summed E-state index contributed by atoms with van der Waals surface area (Å²) in [4.78, 5) is 17.2. The quantitative estimate of drug-likeness (QED) is 0.613. The molecule has 0 N–H and O–H groups in total. The molecule has 0 aliphatic carbocycles. The second-order valence-electron chi connectivity index (χ2n) is 8.88. The van der Waals surface area contributed by atoms with Crippen molar-refractivity contribution in [2.24, 2.45) is 5.92 Å². The summed E-state index contributed by atoms with van der Waals surface area (Å²) in [5.74, 6) is 0.877. The number of likely N-dealkylation sites (tertiary alicyclic amines) is 2. The summed E-state index contributed by atoms with van der Waals surface area (Å²) < 4.78 is 18.8. The third-order valence-corrected chi connectivity index (χ3v) is 6.88. The summed E-state index contributed by atoms with van der Waals surface area (Å²) in [6.07, 6.45) is 4.23. The normalized spacial score (nSPS) is 19.2. The molecule has 6 heteroatoms. The number of nitrogens with zero attached hydrogens (tertiary/aromatic N) is 3. The fraction of sp³-hybridized carbons (Fsp3) is 0.440. The highest BCUT2D eigenvalue weighted by atomic mass is 19.1. The predicted octanol–water partition coefficient (Wildman–Crippen LogP) is 4.70. The largest absolute Gasteiger partial charge is 0.356 e. The third-order valence-electron chi connectivity index (χ3n) is 6.88. The molecule has 0 unspecified atom stereocenters. The van der Waals surface area contributed by atoms with Gasteiger partial charge < -0.3 is 14.3 Å². The number of hydrogen-bond donors (Lipinski definition) is 0. The van der Waals surface area contributed by atoms with Crippen LogP contribution in [-0.4, -0.2) is 53.6 Å². The van der Waals surface area contributed by atoms with Gasteiger partial charge in [0, 0.05) is 42.6 Å². The minimum Gasteiger partial charge on any atom is -0.356 e. The lowest BCUT2D eigenvalue weighted by Crippen LogP contribution is -2.43. The molecule has 0 radical (unpaired) electrons. The molecule has 31 heavy (non-hydrogen) atoms. The maximum absolute atomic E-state index is 13.4. The van der Waals surface area contributed by atoms with Crippen LogP contribution in [-0.2, 0) is 0 Å². The SMILES string of the molecule is O=C(c1ccccc1)N1CCC(CN2CCC(c3noc4cc(F)ccc34)CC2)CC1. The van der Waals surface area contributed by atoms with Crippen LogP contribution in [0.15, 0.2) is 53.1 Å². The Balaban J connectivity index is 1.11. The number of carbonyl (C=O) groups is 1. The van der Waals surface area contributed by atoms with Crippen LogP contribution in [0.4, 0.5) is 4.39 Å². The van der Waals surface area contributed by atoms with Crippen LogP contribution in [0.25, 0.3) is 11.0 Å². The van der Waals surface area contributed by atoms with Crippen molar-refractivity contribution in [1.82, 2.24) is 15.0 Å². The van der Waals surface area contributed by atoms with Gasteiger partial charge in [0.1, 0.15) is 5.82 Å². The third kappa shape index (κ3) is 4.35. The zero-order valence-electron chi connectivity index (χ0n) is 17.7. The number of fused-ring (bicyclic) bond motifs is 1. The van der Waals surface area contributed by atoms with Gasteiger partial charge in [-0.3, -0.25) is 4.79 Å². The molecule has 2 fully saturated rings. The summed E-state index contributed by atoms with van der Waals surface area (Å²) in [6.45, 7) is 4.88. The average Bonchev–Trinajstić information content (AvgIpc) is 3.23. The Hall–Kier alpha value is -2.73. The van der Waals surface area contributed by atoms with Crippen molar-refractivity contribution in [3.8, 4) is 0 Å². The lowest BCUT2D eigenvalue weighted by atomic mass is 9.90. The number of piperidine rings is 2. The predicted molar refractivity (Wildman–Crippen MR) is 117 cm³/mol. The van der Waals surface area contributed by atoms with Crippen molar-refractivity contribution >= 4 is 16.9 Å². The van der Waals surface area contributed by atoms with Crippen molar-refractivity contribution < 1.29 is 13.7 Å². The molecule has 1 aromatic heterocycles. The van der Waals surface area contributed by atoms with Crippen LogP contribution in [0.5, 0.6) is 0 Å². The molecule has 3 aromatic rings. The van der Waals surface area contributed by atoms with E-state index in [9.17, 15) is 9.18 Å². The van der Waals surface area contributed by atoms with Gasteiger partial charge in [-0.05, 0) is 69.0 Å². The van der Waals surface area contributed by atoms with Crippen LogP contribution in [0.3, 0.4) is 0 Å². The first-order valence-electron chi connectivity index (χ1n) is 11.3. The molecule has 5 nitrogen and oxygen atoms in total. The van der Waals surface area contributed by atoms with Gasteiger partial charge in [-0.25, -0.2) is 4.39 Å². The van der Waals surface area contributed by atoms with Gasteiger partial charge in [-0.2, -0.15) is 0 Å². The molecule has 0 bridgehead atoms. The fourth-order valence-corrected chi connectivity index (χ4v) is 5.06. The van der Waals surface area contributed by atoms with E-state index in [2.05, 4.69) is 10.1 Å². The Kier molecular flexibility index (Phi) is 5.72. The molecular weight excluding hydrogens is 393 g/mol. The molecule has 162 valence electrons. The highest BCUT2D eigenvalue weighted by molar-refractivity contribution is 5.94. The van der Waals surface area contributed by atoms with E-state index in [0.717, 1.165) is 75.1 Å². The van der Waals surface area contributed by atoms with Gasteiger partial charge >= 0.3 is 0 Å². The maximum Gasteiger partial charge on any atom is 0.253 e. The zero-order valence-corrected chi connectivity index (χ0v) is 17.7. The van der Waals surface area contributed by atoms with Crippen LogP contribution in [0, 0.1) is 11.7 Å². The van der Waals surface area contributed by atoms with Crippen LogP contribution >= 0.6 is 0 Å². The number of benzene rings is 2. The van der Waals surface area contributed by atoms with Crippen molar-refractivity contribution in [1.29, 1.82) is 0 Å². The number of amides is 1. The van der Waals surface area contributed by atoms with E-state index in [4.69, 9.17) is 4.52 Å². The number of rotatable bonds is 4.